The van der Waals surface area contributed by atoms with E-state index < -0.39 is 23.3 Å². The molecular weight excluding hydrogens is 316 g/mol. The van der Waals surface area contributed by atoms with Crippen LogP contribution in [-0.4, -0.2) is 17.7 Å². The van der Waals surface area contributed by atoms with Gasteiger partial charge in [0.2, 0.25) is 0 Å². The molecule has 0 saturated carbocycles. The van der Waals surface area contributed by atoms with Crippen LogP contribution in [-0.2, 0) is 5.60 Å². The first-order chi connectivity index (χ1) is 11.3. The Bertz CT molecular complexity index is 783. The van der Waals surface area contributed by atoms with Crippen LogP contribution in [0.2, 0.25) is 0 Å². The lowest BCUT2D eigenvalue weighted by Crippen LogP contribution is -2.41. The molecule has 0 spiro atoms. The van der Waals surface area contributed by atoms with Crippen molar-refractivity contribution in [2.24, 2.45) is 0 Å². The summed E-state index contributed by atoms with van der Waals surface area (Å²) >= 11 is 0. The second-order valence-corrected chi connectivity index (χ2v) is 5.39. The van der Waals surface area contributed by atoms with Crippen molar-refractivity contribution in [1.29, 1.82) is 5.26 Å². The third kappa shape index (κ3) is 4.27. The van der Waals surface area contributed by atoms with Crippen molar-refractivity contribution >= 4 is 11.7 Å². The molecule has 2 aromatic rings. The Morgan fingerprint density at radius 1 is 1.25 bits per heavy atom. The van der Waals surface area contributed by atoms with E-state index in [1.54, 1.807) is 24.3 Å². The van der Waals surface area contributed by atoms with Crippen LogP contribution in [0.5, 0.6) is 0 Å². The van der Waals surface area contributed by atoms with Gasteiger partial charge in [0.25, 0.3) is 0 Å². The van der Waals surface area contributed by atoms with Crippen LogP contribution in [0.4, 0.5) is 19.3 Å². The van der Waals surface area contributed by atoms with Crippen molar-refractivity contribution in [1.82, 2.24) is 5.32 Å². The molecule has 0 fully saturated rings. The van der Waals surface area contributed by atoms with Crippen LogP contribution in [0.3, 0.4) is 0 Å². The zero-order chi connectivity index (χ0) is 17.7. The van der Waals surface area contributed by atoms with E-state index in [9.17, 15) is 18.7 Å². The predicted molar refractivity (Wildman–Crippen MR) is 84.1 cm³/mol. The van der Waals surface area contributed by atoms with Crippen molar-refractivity contribution in [2.45, 2.75) is 12.5 Å². The number of benzene rings is 2. The molecule has 3 N–H and O–H groups in total. The molecule has 0 aromatic heterocycles. The summed E-state index contributed by atoms with van der Waals surface area (Å²) in [5.74, 6) is -1.65. The summed E-state index contributed by atoms with van der Waals surface area (Å²) in [5, 5.41) is 23.9. The lowest BCUT2D eigenvalue weighted by molar-refractivity contribution is 0.0561. The first-order valence-electron chi connectivity index (χ1n) is 7.05. The quantitative estimate of drug-likeness (QED) is 0.805. The number of carbonyl (C=O) groups is 1. The van der Waals surface area contributed by atoms with Crippen LogP contribution >= 0.6 is 0 Å². The second-order valence-electron chi connectivity index (χ2n) is 5.39. The van der Waals surface area contributed by atoms with Crippen LogP contribution in [0.15, 0.2) is 42.5 Å². The first kappa shape index (κ1) is 17.4. The third-order valence-corrected chi connectivity index (χ3v) is 3.38. The van der Waals surface area contributed by atoms with Gasteiger partial charge < -0.3 is 15.7 Å². The monoisotopic (exact) mass is 331 g/mol. The minimum absolute atomic E-state index is 0.123. The minimum Gasteiger partial charge on any atom is -0.383 e. The van der Waals surface area contributed by atoms with Gasteiger partial charge in [-0.2, -0.15) is 5.26 Å². The number of nitrogens with one attached hydrogen (secondary N) is 2. The maximum Gasteiger partial charge on any atom is 0.319 e. The fourth-order valence-corrected chi connectivity index (χ4v) is 2.08. The molecular formula is C17H15F2N3O2. The van der Waals surface area contributed by atoms with Crippen molar-refractivity contribution in [3.63, 3.8) is 0 Å². The average Bonchev–Trinajstić information content (AvgIpc) is 2.53. The van der Waals surface area contributed by atoms with Gasteiger partial charge >= 0.3 is 6.03 Å². The van der Waals surface area contributed by atoms with Crippen molar-refractivity contribution in [3.8, 4) is 6.07 Å². The molecule has 0 aliphatic carbocycles. The topological polar surface area (TPSA) is 85.2 Å². The molecule has 0 heterocycles. The van der Waals surface area contributed by atoms with E-state index in [0.29, 0.717) is 17.3 Å². The van der Waals surface area contributed by atoms with Crippen LogP contribution in [0, 0.1) is 23.0 Å². The second kappa shape index (κ2) is 7.06. The van der Waals surface area contributed by atoms with E-state index >= 15 is 0 Å². The van der Waals surface area contributed by atoms with Crippen molar-refractivity contribution in [2.75, 3.05) is 11.9 Å². The first-order valence-corrected chi connectivity index (χ1v) is 7.05. The Morgan fingerprint density at radius 3 is 2.50 bits per heavy atom. The summed E-state index contributed by atoms with van der Waals surface area (Å²) in [6.45, 7) is 1.03. The summed E-state index contributed by atoms with van der Waals surface area (Å²) in [4.78, 5) is 11.8. The number of nitriles is 1. The largest absolute Gasteiger partial charge is 0.383 e. The van der Waals surface area contributed by atoms with E-state index in [4.69, 9.17) is 5.26 Å². The molecule has 5 nitrogen and oxygen atoms in total. The fourth-order valence-electron chi connectivity index (χ4n) is 2.08. The number of amides is 2. The minimum atomic E-state index is -1.71. The Morgan fingerprint density at radius 2 is 1.92 bits per heavy atom. The molecule has 0 bridgehead atoms. The van der Waals surface area contributed by atoms with E-state index in [1.807, 2.05) is 6.07 Å². The van der Waals surface area contributed by atoms with Gasteiger partial charge in [-0.1, -0.05) is 6.07 Å². The van der Waals surface area contributed by atoms with E-state index in [-0.39, 0.29) is 12.1 Å². The number of urea groups is 1. The van der Waals surface area contributed by atoms with Crippen LogP contribution in [0.1, 0.15) is 18.1 Å². The smallest absolute Gasteiger partial charge is 0.319 e. The van der Waals surface area contributed by atoms with Gasteiger partial charge in [-0.3, -0.25) is 0 Å². The Hall–Kier alpha value is -2.98. The SMILES string of the molecule is CC(O)(CNC(=O)Nc1ccc(C#N)cc1)c1ccc(F)cc1F. The third-order valence-electron chi connectivity index (χ3n) is 3.38. The lowest BCUT2D eigenvalue weighted by Gasteiger charge is -2.24. The molecule has 1 unspecified atom stereocenters. The highest BCUT2D eigenvalue weighted by Crippen LogP contribution is 2.23. The van der Waals surface area contributed by atoms with Gasteiger partial charge in [0.05, 0.1) is 18.2 Å². The lowest BCUT2D eigenvalue weighted by atomic mass is 9.95. The van der Waals surface area contributed by atoms with E-state index in [2.05, 4.69) is 10.6 Å². The Labute approximate surface area is 137 Å². The number of halogens is 2. The van der Waals surface area contributed by atoms with Crippen molar-refractivity contribution < 1.29 is 18.7 Å². The molecule has 2 aromatic carbocycles. The maximum absolute atomic E-state index is 13.7. The molecule has 0 aliphatic rings. The molecule has 7 heteroatoms. The van der Waals surface area contributed by atoms with Gasteiger partial charge in [0, 0.05) is 17.3 Å². The number of hydrogen-bond donors (Lipinski definition) is 3. The molecule has 1 atom stereocenters. The summed E-state index contributed by atoms with van der Waals surface area (Å²) in [7, 11) is 0. The highest BCUT2D eigenvalue weighted by atomic mass is 19.1. The van der Waals surface area contributed by atoms with Gasteiger partial charge in [-0.05, 0) is 37.3 Å². The van der Waals surface area contributed by atoms with Gasteiger partial charge in [-0.15, -0.1) is 0 Å². The highest BCUT2D eigenvalue weighted by Gasteiger charge is 2.27. The molecule has 2 amide bonds. The molecule has 0 saturated heterocycles. The van der Waals surface area contributed by atoms with Gasteiger partial charge in [0.15, 0.2) is 0 Å². The Kier molecular flexibility index (Phi) is 5.11. The number of anilines is 1. The molecule has 124 valence electrons. The molecule has 0 aliphatic heterocycles. The summed E-state index contributed by atoms with van der Waals surface area (Å²) < 4.78 is 26.7. The summed E-state index contributed by atoms with van der Waals surface area (Å²) in [5.41, 5.74) is -0.919. The zero-order valence-electron chi connectivity index (χ0n) is 12.8. The maximum atomic E-state index is 13.7. The standard InChI is InChI=1S/C17H15F2N3O2/c1-17(24,14-7-4-12(18)8-15(14)19)10-21-16(23)22-13-5-2-11(9-20)3-6-13/h2-8,24H,10H2,1H3,(H2,21,22,23). The zero-order valence-corrected chi connectivity index (χ0v) is 12.8. The van der Waals surface area contributed by atoms with Crippen LogP contribution < -0.4 is 10.6 Å². The number of carbonyl (C=O) groups excluding carboxylic acids is 1. The predicted octanol–water partition coefficient (Wildman–Crippen LogP) is 2.87. The molecule has 2 rings (SSSR count). The number of aliphatic hydroxyl groups is 1. The van der Waals surface area contributed by atoms with Crippen LogP contribution in [0.25, 0.3) is 0 Å². The fraction of sp³-hybridized carbons (Fsp3) is 0.176. The summed E-state index contributed by atoms with van der Waals surface area (Å²) in [6.07, 6.45) is 0. The average molecular weight is 331 g/mol. The normalized spacial score (nSPS) is 12.8. The Balaban J connectivity index is 1.97. The molecule has 24 heavy (non-hydrogen) atoms. The summed E-state index contributed by atoms with van der Waals surface area (Å²) in [6, 6.07) is 10.4. The highest BCUT2D eigenvalue weighted by molar-refractivity contribution is 5.89. The van der Waals surface area contributed by atoms with Crippen molar-refractivity contribution in [3.05, 3.63) is 65.2 Å². The number of nitrogens with zero attached hydrogens (tertiary/aromatic N) is 1. The van der Waals surface area contributed by atoms with Gasteiger partial charge in [0.1, 0.15) is 17.2 Å². The number of rotatable bonds is 4. The van der Waals surface area contributed by atoms with E-state index in [1.165, 1.54) is 6.92 Å². The molecule has 0 radical (unpaired) electrons. The number of hydrogen-bond acceptors (Lipinski definition) is 3. The van der Waals surface area contributed by atoms with Gasteiger partial charge in [-0.25, -0.2) is 13.6 Å². The van der Waals surface area contributed by atoms with E-state index in [0.717, 1.165) is 12.1 Å².